The Morgan fingerprint density at radius 2 is 1.39 bits per heavy atom. The van der Waals surface area contributed by atoms with E-state index >= 15 is 0 Å². The third kappa shape index (κ3) is 10.7. The Morgan fingerprint density at radius 3 is 1.90 bits per heavy atom. The molecule has 0 bridgehead atoms. The molecule has 4 rings (SSSR count). The summed E-state index contributed by atoms with van der Waals surface area (Å²) in [4.78, 5) is 42.5. The Bertz CT molecular complexity index is 1680. The zero-order valence-electron chi connectivity index (χ0n) is 30.6. The number of benzene rings is 4. The Balaban J connectivity index is 1.55. The van der Waals surface area contributed by atoms with E-state index in [1.165, 1.54) is 4.90 Å². The van der Waals surface area contributed by atoms with Crippen LogP contribution in [0.2, 0.25) is 0 Å². The summed E-state index contributed by atoms with van der Waals surface area (Å²) >= 11 is 0. The minimum absolute atomic E-state index is 0.0649. The molecule has 8 nitrogen and oxygen atoms in total. The van der Waals surface area contributed by atoms with E-state index in [1.807, 2.05) is 64.1 Å². The lowest BCUT2D eigenvalue weighted by molar-refractivity contribution is -0.139. The lowest BCUT2D eigenvalue weighted by Crippen LogP contribution is -2.53. The molecule has 0 saturated carbocycles. The van der Waals surface area contributed by atoms with Gasteiger partial charge < -0.3 is 25.7 Å². The van der Waals surface area contributed by atoms with Crippen molar-refractivity contribution < 1.29 is 24.6 Å². The summed E-state index contributed by atoms with van der Waals surface area (Å²) in [5.41, 5.74) is 2.12. The fourth-order valence-corrected chi connectivity index (χ4v) is 6.92. The first-order valence-electron chi connectivity index (χ1n) is 18.3. The van der Waals surface area contributed by atoms with Crippen molar-refractivity contribution in [1.82, 2.24) is 15.5 Å². The van der Waals surface area contributed by atoms with Gasteiger partial charge in [-0.2, -0.15) is 0 Å². The lowest BCUT2D eigenvalue weighted by Gasteiger charge is -2.36. The Hall–Kier alpha value is -4.53. The Morgan fingerprint density at radius 1 is 0.843 bits per heavy atom. The molecule has 0 aliphatic rings. The minimum Gasteiger partial charge on any atom is -0.394 e. The fourth-order valence-electron chi connectivity index (χ4n) is 6.92. The summed E-state index contributed by atoms with van der Waals surface area (Å²) in [7, 11) is 0. The van der Waals surface area contributed by atoms with Crippen LogP contribution in [0.4, 0.5) is 0 Å². The summed E-state index contributed by atoms with van der Waals surface area (Å²) in [6, 6.07) is 27.4. The van der Waals surface area contributed by atoms with Crippen molar-refractivity contribution in [1.29, 1.82) is 0 Å². The van der Waals surface area contributed by atoms with E-state index in [4.69, 9.17) is 0 Å². The van der Waals surface area contributed by atoms with E-state index in [1.54, 1.807) is 6.08 Å². The maximum absolute atomic E-state index is 14.1. The smallest absolute Gasteiger partial charge is 0.242 e. The van der Waals surface area contributed by atoms with Gasteiger partial charge in [-0.05, 0) is 63.8 Å². The number of hydrogen-bond acceptors (Lipinski definition) is 5. The van der Waals surface area contributed by atoms with Gasteiger partial charge in [0.25, 0.3) is 0 Å². The van der Waals surface area contributed by atoms with Crippen LogP contribution in [0.5, 0.6) is 0 Å². The van der Waals surface area contributed by atoms with E-state index < -0.39 is 24.1 Å². The van der Waals surface area contributed by atoms with E-state index in [-0.39, 0.29) is 55.7 Å². The van der Waals surface area contributed by atoms with Crippen molar-refractivity contribution >= 4 is 39.3 Å². The summed E-state index contributed by atoms with van der Waals surface area (Å²) in [5, 5.41) is 31.4. The molecule has 8 heteroatoms. The largest absolute Gasteiger partial charge is 0.394 e. The van der Waals surface area contributed by atoms with Crippen molar-refractivity contribution in [2.45, 2.75) is 78.0 Å². The predicted octanol–water partition coefficient (Wildman–Crippen LogP) is 6.21. The van der Waals surface area contributed by atoms with Gasteiger partial charge in [-0.1, -0.05) is 125 Å². The van der Waals surface area contributed by atoms with Gasteiger partial charge in [0.2, 0.25) is 17.7 Å². The highest BCUT2D eigenvalue weighted by molar-refractivity contribution is 5.90. The highest BCUT2D eigenvalue weighted by atomic mass is 16.3. The Kier molecular flexibility index (Phi) is 14.8. The molecule has 0 aliphatic carbocycles. The SMILES string of the molecule is C=CCN(C(=O)CNC(=O)C(Cc1cccc2ccccc12)Cc1cccc2ccccc12)[C@@H](CC(C)C)[C@@H](O)CC(=O)N[C@H](CO)[C@@H](C)CC. The highest BCUT2D eigenvalue weighted by Gasteiger charge is 2.32. The maximum atomic E-state index is 14.1. The maximum Gasteiger partial charge on any atom is 0.242 e. The molecule has 0 heterocycles. The van der Waals surface area contributed by atoms with Crippen LogP contribution in [-0.2, 0) is 27.2 Å². The second-order valence-corrected chi connectivity index (χ2v) is 14.1. The van der Waals surface area contributed by atoms with Crippen molar-refractivity contribution in [3.8, 4) is 0 Å². The summed E-state index contributed by atoms with van der Waals surface area (Å²) < 4.78 is 0. The predicted molar refractivity (Wildman–Crippen MR) is 206 cm³/mol. The zero-order chi connectivity index (χ0) is 36.9. The molecule has 0 aliphatic heterocycles. The van der Waals surface area contributed by atoms with Gasteiger partial charge in [-0.25, -0.2) is 0 Å². The summed E-state index contributed by atoms with van der Waals surface area (Å²) in [6.07, 6.45) is 2.40. The summed E-state index contributed by atoms with van der Waals surface area (Å²) in [5.74, 6) is -1.28. The molecule has 0 radical (unpaired) electrons. The number of carbonyl (C=O) groups is 3. The molecule has 0 unspecified atom stereocenters. The molecule has 0 spiro atoms. The van der Waals surface area contributed by atoms with Crippen LogP contribution in [0, 0.1) is 17.8 Å². The number of nitrogens with one attached hydrogen (secondary N) is 2. The van der Waals surface area contributed by atoms with Crippen molar-refractivity contribution in [2.24, 2.45) is 17.8 Å². The molecule has 272 valence electrons. The van der Waals surface area contributed by atoms with Crippen LogP contribution in [0.1, 0.15) is 58.1 Å². The normalized spacial score (nSPS) is 13.9. The number of nitrogens with zero attached hydrogens (tertiary/aromatic N) is 1. The lowest BCUT2D eigenvalue weighted by atomic mass is 9.88. The number of aliphatic hydroxyl groups is 2. The first-order valence-corrected chi connectivity index (χ1v) is 18.3. The van der Waals surface area contributed by atoms with Gasteiger partial charge in [0.05, 0.1) is 37.8 Å². The van der Waals surface area contributed by atoms with Crippen LogP contribution in [0.15, 0.2) is 97.6 Å². The highest BCUT2D eigenvalue weighted by Crippen LogP contribution is 2.27. The molecule has 0 saturated heterocycles. The molecular weight excluding hydrogens is 638 g/mol. The first-order chi connectivity index (χ1) is 24.6. The topological polar surface area (TPSA) is 119 Å². The quantitative estimate of drug-likeness (QED) is 0.0871. The number of fused-ring (bicyclic) bond motifs is 2. The second kappa shape index (κ2) is 19.2. The monoisotopic (exact) mass is 693 g/mol. The van der Waals surface area contributed by atoms with Crippen LogP contribution >= 0.6 is 0 Å². The van der Waals surface area contributed by atoms with Crippen LogP contribution in [-0.4, -0.2) is 70.7 Å². The number of carbonyl (C=O) groups excluding carboxylic acids is 3. The molecule has 51 heavy (non-hydrogen) atoms. The number of rotatable bonds is 19. The fraction of sp³-hybridized carbons (Fsp3) is 0.419. The average molecular weight is 694 g/mol. The van der Waals surface area contributed by atoms with Gasteiger partial charge in [0.1, 0.15) is 0 Å². The Labute approximate surface area is 302 Å². The van der Waals surface area contributed by atoms with Gasteiger partial charge in [-0.15, -0.1) is 6.58 Å². The number of hydrogen-bond donors (Lipinski definition) is 4. The molecule has 3 amide bonds. The molecular formula is C43H55N3O5. The minimum atomic E-state index is -1.16. The van der Waals surface area contributed by atoms with Gasteiger partial charge in [0.15, 0.2) is 0 Å². The van der Waals surface area contributed by atoms with Gasteiger partial charge in [0, 0.05) is 12.5 Å². The van der Waals surface area contributed by atoms with Crippen molar-refractivity contribution in [2.75, 3.05) is 19.7 Å². The van der Waals surface area contributed by atoms with Crippen LogP contribution in [0.3, 0.4) is 0 Å². The zero-order valence-corrected chi connectivity index (χ0v) is 30.6. The summed E-state index contributed by atoms with van der Waals surface area (Å²) in [6.45, 7) is 11.5. The number of amides is 3. The van der Waals surface area contributed by atoms with Crippen LogP contribution in [0.25, 0.3) is 21.5 Å². The molecule has 4 atom stereocenters. The standard InChI is InChI=1S/C43H55N3O5/c1-6-22-46(39(23-29(3)4)40(48)26-41(49)45-38(28-47)30(5)7-2)42(50)27-44-43(51)35(24-33-18-12-16-31-14-8-10-20-36(31)33)25-34-19-13-17-32-15-9-11-21-37(32)34/h6,8-21,29-30,35,38-40,47-48H,1,7,22-28H2,2-5H3,(H,44,51)(H,45,49)/t30-,38+,39-,40-/m0/s1. The van der Waals surface area contributed by atoms with E-state index in [0.717, 1.165) is 39.1 Å². The first kappa shape index (κ1) is 39.3. The van der Waals surface area contributed by atoms with E-state index in [9.17, 15) is 24.6 Å². The second-order valence-electron chi connectivity index (χ2n) is 14.1. The molecule has 0 aromatic heterocycles. The average Bonchev–Trinajstić information content (AvgIpc) is 3.13. The molecule has 4 aromatic rings. The van der Waals surface area contributed by atoms with Gasteiger partial charge in [-0.3, -0.25) is 14.4 Å². The van der Waals surface area contributed by atoms with Crippen LogP contribution < -0.4 is 10.6 Å². The third-order valence-electron chi connectivity index (χ3n) is 9.95. The van der Waals surface area contributed by atoms with Crippen molar-refractivity contribution in [3.05, 3.63) is 109 Å². The van der Waals surface area contributed by atoms with E-state index in [2.05, 4.69) is 65.7 Å². The van der Waals surface area contributed by atoms with Crippen molar-refractivity contribution in [3.63, 3.8) is 0 Å². The third-order valence-corrected chi connectivity index (χ3v) is 9.95. The molecule has 4 aromatic carbocycles. The molecule has 4 N–H and O–H groups in total. The van der Waals surface area contributed by atoms with Gasteiger partial charge >= 0.3 is 0 Å². The molecule has 0 fully saturated rings. The number of aliphatic hydroxyl groups excluding tert-OH is 2. The van der Waals surface area contributed by atoms with E-state index in [0.29, 0.717) is 19.3 Å².